The number of nitrogens with one attached hydrogen (secondary N) is 1. The summed E-state index contributed by atoms with van der Waals surface area (Å²) in [5.74, 6) is 0. The molecule has 0 saturated heterocycles. The van der Waals surface area contributed by atoms with E-state index in [1.54, 1.807) is 0 Å². The molecule has 2 nitrogen and oxygen atoms in total. The third-order valence-electron chi connectivity index (χ3n) is 2.48. The highest BCUT2D eigenvalue weighted by atomic mass is 79.9. The molecular formula is C13H17BrN2. The van der Waals surface area contributed by atoms with E-state index in [1.165, 1.54) is 11.3 Å². The van der Waals surface area contributed by atoms with E-state index >= 15 is 0 Å². The van der Waals surface area contributed by atoms with Crippen molar-refractivity contribution in [1.29, 1.82) is 5.26 Å². The minimum atomic E-state index is 0.655. The molecule has 0 unspecified atom stereocenters. The summed E-state index contributed by atoms with van der Waals surface area (Å²) < 4.78 is 1.12. The Labute approximate surface area is 106 Å². The van der Waals surface area contributed by atoms with E-state index < -0.39 is 0 Å². The first-order valence-corrected chi connectivity index (χ1v) is 6.46. The first-order valence-electron chi connectivity index (χ1n) is 5.67. The molecule has 1 aromatic carbocycles. The molecule has 0 radical (unpaired) electrons. The Hall–Kier alpha value is -1.01. The zero-order valence-corrected chi connectivity index (χ0v) is 11.2. The summed E-state index contributed by atoms with van der Waals surface area (Å²) in [6.07, 6.45) is 3.71. The van der Waals surface area contributed by atoms with Crippen molar-refractivity contribution in [3.63, 3.8) is 0 Å². The van der Waals surface area contributed by atoms with Gasteiger partial charge in [-0.3, -0.25) is 0 Å². The van der Waals surface area contributed by atoms with Crippen LogP contribution < -0.4 is 5.32 Å². The summed E-state index contributed by atoms with van der Waals surface area (Å²) in [7, 11) is 0. The minimum absolute atomic E-state index is 0.655. The average molecular weight is 281 g/mol. The fraction of sp³-hybridized carbons (Fsp3) is 0.462. The maximum atomic E-state index is 8.42. The number of nitriles is 1. The molecule has 1 aromatic rings. The first-order chi connectivity index (χ1) is 7.77. The number of rotatable bonds is 6. The number of unbranched alkanes of at least 4 members (excludes halogenated alkanes) is 2. The highest BCUT2D eigenvalue weighted by Gasteiger charge is 2.00. The Morgan fingerprint density at radius 1 is 1.38 bits per heavy atom. The topological polar surface area (TPSA) is 35.8 Å². The number of halogens is 1. The fourth-order valence-electron chi connectivity index (χ4n) is 1.58. The van der Waals surface area contributed by atoms with E-state index in [0.29, 0.717) is 6.42 Å². The number of nitrogens with zero attached hydrogens (tertiary/aromatic N) is 1. The Kier molecular flexibility index (Phi) is 5.95. The third-order valence-corrected chi connectivity index (χ3v) is 2.97. The molecule has 0 saturated carbocycles. The van der Waals surface area contributed by atoms with Crippen molar-refractivity contribution in [3.05, 3.63) is 28.2 Å². The van der Waals surface area contributed by atoms with E-state index in [1.807, 2.05) is 0 Å². The lowest BCUT2D eigenvalue weighted by Crippen LogP contribution is -2.03. The molecule has 0 aromatic heterocycles. The number of anilines is 1. The van der Waals surface area contributed by atoms with Crippen molar-refractivity contribution in [2.45, 2.75) is 32.6 Å². The minimum Gasteiger partial charge on any atom is -0.385 e. The largest absolute Gasteiger partial charge is 0.385 e. The first kappa shape index (κ1) is 13.1. The molecule has 0 aliphatic heterocycles. The van der Waals surface area contributed by atoms with Crippen LogP contribution in [0.2, 0.25) is 0 Å². The summed E-state index contributed by atoms with van der Waals surface area (Å²) in [5.41, 5.74) is 2.54. The molecule has 86 valence electrons. The van der Waals surface area contributed by atoms with Crippen LogP contribution in [0.1, 0.15) is 31.7 Å². The lowest BCUT2D eigenvalue weighted by atomic mass is 10.1. The van der Waals surface area contributed by atoms with Gasteiger partial charge in [-0.05, 0) is 43.0 Å². The van der Waals surface area contributed by atoms with Crippen molar-refractivity contribution in [2.75, 3.05) is 11.9 Å². The van der Waals surface area contributed by atoms with Crippen molar-refractivity contribution in [1.82, 2.24) is 0 Å². The van der Waals surface area contributed by atoms with Gasteiger partial charge in [0.05, 0.1) is 6.07 Å². The lowest BCUT2D eigenvalue weighted by molar-refractivity contribution is 0.784. The molecule has 1 rings (SSSR count). The van der Waals surface area contributed by atoms with Crippen molar-refractivity contribution in [2.24, 2.45) is 0 Å². The second-order valence-corrected chi connectivity index (χ2v) is 4.61. The van der Waals surface area contributed by atoms with Crippen LogP contribution in [0.5, 0.6) is 0 Å². The van der Waals surface area contributed by atoms with E-state index in [0.717, 1.165) is 30.3 Å². The maximum absolute atomic E-state index is 8.42. The predicted molar refractivity (Wildman–Crippen MR) is 71.5 cm³/mol. The summed E-state index contributed by atoms with van der Waals surface area (Å²) in [6.45, 7) is 3.10. The average Bonchev–Trinajstić information content (AvgIpc) is 2.30. The van der Waals surface area contributed by atoms with Crippen LogP contribution in [0.15, 0.2) is 22.7 Å². The smallest absolute Gasteiger partial charge is 0.0621 e. The summed E-state index contributed by atoms with van der Waals surface area (Å²) in [6, 6.07) is 8.47. The Balaban J connectivity index is 2.44. The van der Waals surface area contributed by atoms with Crippen LogP contribution in [0, 0.1) is 11.3 Å². The Morgan fingerprint density at radius 2 is 2.19 bits per heavy atom. The summed E-state index contributed by atoms with van der Waals surface area (Å²) in [5, 5.41) is 11.8. The molecule has 0 aliphatic carbocycles. The highest BCUT2D eigenvalue weighted by Crippen LogP contribution is 2.21. The second-order valence-electron chi connectivity index (χ2n) is 3.70. The summed E-state index contributed by atoms with van der Waals surface area (Å²) in [4.78, 5) is 0. The van der Waals surface area contributed by atoms with Gasteiger partial charge in [-0.25, -0.2) is 0 Å². The number of aryl methyl sites for hydroxylation is 1. The van der Waals surface area contributed by atoms with Gasteiger partial charge < -0.3 is 5.32 Å². The number of benzene rings is 1. The van der Waals surface area contributed by atoms with Gasteiger partial charge in [0.1, 0.15) is 0 Å². The van der Waals surface area contributed by atoms with E-state index in [-0.39, 0.29) is 0 Å². The van der Waals surface area contributed by atoms with Crippen molar-refractivity contribution >= 4 is 21.6 Å². The van der Waals surface area contributed by atoms with Crippen molar-refractivity contribution in [3.8, 4) is 6.07 Å². The van der Waals surface area contributed by atoms with E-state index in [9.17, 15) is 0 Å². The third kappa shape index (κ3) is 4.24. The molecule has 3 heteroatoms. The van der Waals surface area contributed by atoms with Crippen LogP contribution in [0.3, 0.4) is 0 Å². The molecular weight excluding hydrogens is 264 g/mol. The molecule has 0 amide bonds. The molecule has 16 heavy (non-hydrogen) atoms. The molecule has 0 aliphatic rings. The number of hydrogen-bond acceptors (Lipinski definition) is 2. The zero-order chi connectivity index (χ0) is 11.8. The molecule has 0 heterocycles. The van der Waals surface area contributed by atoms with Crippen LogP contribution >= 0.6 is 15.9 Å². The van der Waals surface area contributed by atoms with Crippen molar-refractivity contribution < 1.29 is 0 Å². The standard InChI is InChI=1S/C13H17BrN2/c1-2-11-10-12(14)6-7-13(11)16-9-5-3-4-8-15/h6-7,10,16H,2-5,9H2,1H3. The predicted octanol–water partition coefficient (Wildman–Crippen LogP) is 4.12. The van der Waals surface area contributed by atoms with Crippen LogP contribution in [0.4, 0.5) is 5.69 Å². The molecule has 1 N–H and O–H groups in total. The van der Waals surface area contributed by atoms with Crippen LogP contribution in [-0.2, 0) is 6.42 Å². The van der Waals surface area contributed by atoms with Gasteiger partial charge in [0.15, 0.2) is 0 Å². The Morgan fingerprint density at radius 3 is 2.88 bits per heavy atom. The van der Waals surface area contributed by atoms with Gasteiger partial charge in [-0.2, -0.15) is 5.26 Å². The quantitative estimate of drug-likeness (QED) is 0.796. The maximum Gasteiger partial charge on any atom is 0.0621 e. The van der Waals surface area contributed by atoms with Gasteiger partial charge in [0.25, 0.3) is 0 Å². The van der Waals surface area contributed by atoms with Gasteiger partial charge in [0, 0.05) is 23.1 Å². The van der Waals surface area contributed by atoms with Gasteiger partial charge >= 0.3 is 0 Å². The second kappa shape index (κ2) is 7.29. The zero-order valence-electron chi connectivity index (χ0n) is 9.59. The molecule has 0 atom stereocenters. The van der Waals surface area contributed by atoms with Gasteiger partial charge in [0.2, 0.25) is 0 Å². The molecule has 0 spiro atoms. The number of hydrogen-bond donors (Lipinski definition) is 1. The lowest BCUT2D eigenvalue weighted by Gasteiger charge is -2.10. The monoisotopic (exact) mass is 280 g/mol. The van der Waals surface area contributed by atoms with Gasteiger partial charge in [-0.1, -0.05) is 22.9 Å². The normalized spacial score (nSPS) is 9.81. The van der Waals surface area contributed by atoms with Crippen LogP contribution in [0.25, 0.3) is 0 Å². The molecule has 0 fully saturated rings. The van der Waals surface area contributed by atoms with Gasteiger partial charge in [-0.15, -0.1) is 0 Å². The SMILES string of the molecule is CCc1cc(Br)ccc1NCCCCC#N. The summed E-state index contributed by atoms with van der Waals surface area (Å²) >= 11 is 3.48. The van der Waals surface area contributed by atoms with E-state index in [2.05, 4.69) is 52.4 Å². The molecule has 0 bridgehead atoms. The fourth-order valence-corrected chi connectivity index (χ4v) is 1.99. The van der Waals surface area contributed by atoms with E-state index in [4.69, 9.17) is 5.26 Å². The highest BCUT2D eigenvalue weighted by molar-refractivity contribution is 9.10. The Bertz CT molecular complexity index is 369. The van der Waals surface area contributed by atoms with Crippen LogP contribution in [-0.4, -0.2) is 6.54 Å².